The minimum Gasteiger partial charge on any atom is -0.386 e. The van der Waals surface area contributed by atoms with Crippen LogP contribution in [0.15, 0.2) is 5.10 Å². The molecular weight excluding hydrogens is 202 g/mol. The third kappa shape index (κ3) is 2.87. The molecule has 0 aliphatic carbocycles. The molecule has 1 aliphatic rings. The summed E-state index contributed by atoms with van der Waals surface area (Å²) in [5.74, 6) is 0.936. The van der Waals surface area contributed by atoms with Gasteiger partial charge >= 0.3 is 0 Å². The van der Waals surface area contributed by atoms with E-state index in [1.807, 2.05) is 6.92 Å². The van der Waals surface area contributed by atoms with Crippen LogP contribution in [0, 0.1) is 0 Å². The number of hydrazone groups is 1. The number of sulfone groups is 1. The molecule has 1 rings (SSSR count). The highest BCUT2D eigenvalue weighted by molar-refractivity contribution is 7.91. The van der Waals surface area contributed by atoms with Crippen LogP contribution >= 0.6 is 0 Å². The Kier molecular flexibility index (Phi) is 3.36. The Balaban J connectivity index is 2.47. The molecule has 0 saturated carbocycles. The van der Waals surface area contributed by atoms with Gasteiger partial charge in [-0.2, -0.15) is 5.10 Å². The molecule has 0 aromatic heterocycles. The summed E-state index contributed by atoms with van der Waals surface area (Å²) in [5, 5.41) is 5.82. The molecule has 0 aromatic carbocycles. The lowest BCUT2D eigenvalue weighted by atomic mass is 10.2. The first-order valence-electron chi connectivity index (χ1n) is 4.74. The molecule has 2 N–H and O–H groups in total. The smallest absolute Gasteiger partial charge is 0.151 e. The van der Waals surface area contributed by atoms with Gasteiger partial charge in [0.15, 0.2) is 9.84 Å². The Bertz CT molecular complexity index is 323. The number of hydrogen-bond acceptors (Lipinski definition) is 5. The number of hydrogen-bond donors (Lipinski definition) is 1. The Labute approximate surface area is 84.9 Å². The summed E-state index contributed by atoms with van der Waals surface area (Å²) in [6.07, 6.45) is 0.728. The molecule has 0 radical (unpaired) electrons. The SMILES string of the molecule is CCS(=O)(=O)CCN1N=C(N)CC1C. The Morgan fingerprint density at radius 2 is 2.29 bits per heavy atom. The molecule has 0 saturated heterocycles. The molecule has 0 amide bonds. The molecular formula is C8H17N3O2S. The van der Waals surface area contributed by atoms with Gasteiger partial charge in [-0.05, 0) is 6.92 Å². The third-order valence-electron chi connectivity index (χ3n) is 2.34. The zero-order valence-electron chi connectivity index (χ0n) is 8.60. The fraction of sp³-hybridized carbons (Fsp3) is 0.875. The maximum atomic E-state index is 11.2. The highest BCUT2D eigenvalue weighted by Gasteiger charge is 2.21. The van der Waals surface area contributed by atoms with E-state index in [4.69, 9.17) is 5.73 Å². The van der Waals surface area contributed by atoms with Crippen LogP contribution < -0.4 is 5.73 Å². The molecule has 0 bridgehead atoms. The average Bonchev–Trinajstić information content (AvgIpc) is 2.42. The highest BCUT2D eigenvalue weighted by Crippen LogP contribution is 2.12. The summed E-state index contributed by atoms with van der Waals surface area (Å²) in [4.78, 5) is 0. The first kappa shape index (κ1) is 11.3. The second-order valence-corrected chi connectivity index (χ2v) is 6.02. The van der Waals surface area contributed by atoms with Gasteiger partial charge in [0.1, 0.15) is 5.84 Å². The third-order valence-corrected chi connectivity index (χ3v) is 4.03. The van der Waals surface area contributed by atoms with Crippen LogP contribution in [0.3, 0.4) is 0 Å². The van der Waals surface area contributed by atoms with Crippen molar-refractivity contribution in [3.05, 3.63) is 0 Å². The van der Waals surface area contributed by atoms with Crippen LogP contribution in [0.4, 0.5) is 0 Å². The summed E-state index contributed by atoms with van der Waals surface area (Å²) < 4.78 is 22.5. The molecule has 1 unspecified atom stereocenters. The Morgan fingerprint density at radius 3 is 2.71 bits per heavy atom. The van der Waals surface area contributed by atoms with Crippen molar-refractivity contribution in [3.63, 3.8) is 0 Å². The van der Waals surface area contributed by atoms with Crippen molar-refractivity contribution in [1.29, 1.82) is 0 Å². The molecule has 14 heavy (non-hydrogen) atoms. The predicted octanol–water partition coefficient (Wildman–Crippen LogP) is -0.212. The number of nitrogens with two attached hydrogens (primary N) is 1. The highest BCUT2D eigenvalue weighted by atomic mass is 32.2. The van der Waals surface area contributed by atoms with Gasteiger partial charge in [0, 0.05) is 12.2 Å². The van der Waals surface area contributed by atoms with E-state index in [2.05, 4.69) is 5.10 Å². The largest absolute Gasteiger partial charge is 0.386 e. The zero-order chi connectivity index (χ0) is 10.8. The summed E-state index contributed by atoms with van der Waals surface area (Å²) in [7, 11) is -2.90. The van der Waals surface area contributed by atoms with Gasteiger partial charge in [0.2, 0.25) is 0 Å². The maximum absolute atomic E-state index is 11.2. The van der Waals surface area contributed by atoms with Crippen molar-refractivity contribution in [2.75, 3.05) is 18.1 Å². The van der Waals surface area contributed by atoms with Crippen LogP contribution in [0.1, 0.15) is 20.3 Å². The van der Waals surface area contributed by atoms with Crippen molar-refractivity contribution in [3.8, 4) is 0 Å². The summed E-state index contributed by atoms with van der Waals surface area (Å²) in [6.45, 7) is 4.08. The summed E-state index contributed by atoms with van der Waals surface area (Å²) >= 11 is 0. The Hall–Kier alpha value is -0.780. The van der Waals surface area contributed by atoms with E-state index in [0.717, 1.165) is 6.42 Å². The predicted molar refractivity (Wildman–Crippen MR) is 56.7 cm³/mol. The van der Waals surface area contributed by atoms with Crippen LogP contribution in [-0.2, 0) is 9.84 Å². The topological polar surface area (TPSA) is 75.8 Å². The number of amidine groups is 1. The molecule has 1 heterocycles. The lowest BCUT2D eigenvalue weighted by Crippen LogP contribution is -2.29. The molecule has 1 aliphatic heterocycles. The normalized spacial score (nSPS) is 22.6. The van der Waals surface area contributed by atoms with Gasteiger partial charge in [-0.3, -0.25) is 5.01 Å². The quantitative estimate of drug-likeness (QED) is 0.709. The summed E-state index contributed by atoms with van der Waals surface area (Å²) in [6, 6.07) is 0.224. The van der Waals surface area contributed by atoms with Crippen molar-refractivity contribution in [2.24, 2.45) is 10.8 Å². The van der Waals surface area contributed by atoms with Crippen LogP contribution in [0.2, 0.25) is 0 Å². The second-order valence-electron chi connectivity index (χ2n) is 3.54. The van der Waals surface area contributed by atoms with E-state index in [1.54, 1.807) is 11.9 Å². The molecule has 1 atom stereocenters. The van der Waals surface area contributed by atoms with Gasteiger partial charge < -0.3 is 5.73 Å². The average molecular weight is 219 g/mol. The van der Waals surface area contributed by atoms with Gasteiger partial charge in [0.25, 0.3) is 0 Å². The first-order chi connectivity index (χ1) is 6.44. The monoisotopic (exact) mass is 219 g/mol. The zero-order valence-corrected chi connectivity index (χ0v) is 9.42. The van der Waals surface area contributed by atoms with Crippen molar-refractivity contribution in [2.45, 2.75) is 26.3 Å². The van der Waals surface area contributed by atoms with E-state index in [9.17, 15) is 8.42 Å². The van der Waals surface area contributed by atoms with Gasteiger partial charge in [0.05, 0.1) is 18.3 Å². The van der Waals surface area contributed by atoms with Crippen molar-refractivity contribution in [1.82, 2.24) is 5.01 Å². The molecule has 0 aromatic rings. The molecule has 82 valence electrons. The minimum absolute atomic E-state index is 0.157. The second kappa shape index (κ2) is 4.16. The van der Waals surface area contributed by atoms with Gasteiger partial charge in [-0.15, -0.1) is 0 Å². The summed E-state index contributed by atoms with van der Waals surface area (Å²) in [5.41, 5.74) is 5.55. The molecule has 0 spiro atoms. The standard InChI is InChI=1S/C8H17N3O2S/c1-3-14(12,13)5-4-11-7(2)6-8(9)10-11/h7H,3-6H2,1-2H3,(H2,9,10). The fourth-order valence-corrected chi connectivity index (χ4v) is 2.11. The van der Waals surface area contributed by atoms with E-state index < -0.39 is 9.84 Å². The van der Waals surface area contributed by atoms with E-state index in [-0.39, 0.29) is 17.5 Å². The van der Waals surface area contributed by atoms with Crippen LogP contribution in [-0.4, -0.2) is 43.4 Å². The Morgan fingerprint density at radius 1 is 1.64 bits per heavy atom. The molecule has 5 nitrogen and oxygen atoms in total. The van der Waals surface area contributed by atoms with Crippen LogP contribution in [0.25, 0.3) is 0 Å². The van der Waals surface area contributed by atoms with Crippen LogP contribution in [0.5, 0.6) is 0 Å². The lowest BCUT2D eigenvalue weighted by Gasteiger charge is -2.19. The molecule has 6 heteroatoms. The minimum atomic E-state index is -2.90. The van der Waals surface area contributed by atoms with Crippen molar-refractivity contribution < 1.29 is 8.42 Å². The van der Waals surface area contributed by atoms with Gasteiger partial charge in [-0.25, -0.2) is 8.42 Å². The van der Waals surface area contributed by atoms with E-state index in [0.29, 0.717) is 12.4 Å². The van der Waals surface area contributed by atoms with E-state index in [1.165, 1.54) is 0 Å². The fourth-order valence-electron chi connectivity index (χ4n) is 1.36. The van der Waals surface area contributed by atoms with Gasteiger partial charge in [-0.1, -0.05) is 6.92 Å². The molecule has 0 fully saturated rings. The van der Waals surface area contributed by atoms with Crippen molar-refractivity contribution >= 4 is 15.7 Å². The lowest BCUT2D eigenvalue weighted by molar-refractivity contribution is 0.260. The van der Waals surface area contributed by atoms with E-state index >= 15 is 0 Å². The maximum Gasteiger partial charge on any atom is 0.151 e. The first-order valence-corrected chi connectivity index (χ1v) is 6.57. The number of nitrogens with zero attached hydrogens (tertiary/aromatic N) is 2. The number of rotatable bonds is 4.